The molecular weight excluding hydrogens is 324 g/mol. The van der Waals surface area contributed by atoms with Crippen molar-refractivity contribution < 1.29 is 25.0 Å². The van der Waals surface area contributed by atoms with E-state index in [9.17, 15) is 19.5 Å². The summed E-state index contributed by atoms with van der Waals surface area (Å²) >= 11 is 0. The Hall–Kier alpha value is -2.67. The first-order valence-corrected chi connectivity index (χ1v) is 8.23. The van der Waals surface area contributed by atoms with E-state index >= 15 is 0 Å². The van der Waals surface area contributed by atoms with E-state index in [1.54, 1.807) is 12.1 Å². The maximum Gasteiger partial charge on any atom is 0.274 e. The lowest BCUT2D eigenvalue weighted by Crippen LogP contribution is -2.46. The van der Waals surface area contributed by atoms with E-state index in [1.165, 1.54) is 12.1 Å². The van der Waals surface area contributed by atoms with Crippen molar-refractivity contribution in [1.82, 2.24) is 10.4 Å². The quantitative estimate of drug-likeness (QED) is 0.592. The molecule has 2 saturated carbocycles. The molecule has 4 aliphatic carbocycles. The van der Waals surface area contributed by atoms with E-state index in [0.29, 0.717) is 11.8 Å². The highest BCUT2D eigenvalue weighted by Gasteiger charge is 2.67. The van der Waals surface area contributed by atoms with Crippen molar-refractivity contribution in [3.8, 4) is 5.75 Å². The minimum Gasteiger partial charge on any atom is -0.507 e. The Labute approximate surface area is 143 Å². The highest BCUT2D eigenvalue weighted by Crippen LogP contribution is 2.65. The first-order valence-electron chi connectivity index (χ1n) is 8.23. The zero-order chi connectivity index (χ0) is 16.6. The van der Waals surface area contributed by atoms with Crippen LogP contribution < -0.4 is 5.43 Å². The van der Waals surface area contributed by atoms with Gasteiger partial charge in [-0.25, -0.2) is 0 Å². The summed E-state index contributed by atoms with van der Waals surface area (Å²) in [6.45, 7) is 0. The Morgan fingerprint density at radius 2 is 1.60 bits per heavy atom. The van der Waals surface area contributed by atoms with Crippen molar-refractivity contribution in [3.63, 3.8) is 0 Å². The predicted molar refractivity (Wildman–Crippen MR) is 85.7 cm³/mol. The maximum atomic E-state index is 12.7. The van der Waals surface area contributed by atoms with Crippen LogP contribution in [0.15, 0.2) is 36.4 Å². The second-order valence-electron chi connectivity index (χ2n) is 7.12. The van der Waals surface area contributed by atoms with Gasteiger partial charge in [0.15, 0.2) is 0 Å². The topological polar surface area (TPSA) is 118 Å². The third kappa shape index (κ3) is 1.99. The number of para-hydroxylation sites is 1. The van der Waals surface area contributed by atoms with E-state index in [2.05, 4.69) is 17.6 Å². The van der Waals surface area contributed by atoms with Crippen molar-refractivity contribution in [1.29, 1.82) is 0 Å². The molecule has 2 bridgehead atoms. The van der Waals surface area contributed by atoms with Gasteiger partial charge in [-0.05, 0) is 42.2 Å². The molecule has 1 aromatic rings. The lowest BCUT2D eigenvalue weighted by molar-refractivity contribution is -0.143. The Bertz CT molecular complexity index is 783. The molecule has 6 unspecified atom stereocenters. The fourth-order valence-corrected chi connectivity index (χ4v) is 4.89. The molecule has 3 amide bonds. The van der Waals surface area contributed by atoms with Crippen LogP contribution in [0.4, 0.5) is 0 Å². The predicted octanol–water partition coefficient (Wildman–Crippen LogP) is 0.265. The van der Waals surface area contributed by atoms with Gasteiger partial charge in [-0.3, -0.25) is 19.8 Å². The number of carbonyl (C=O) groups is 3. The summed E-state index contributed by atoms with van der Waals surface area (Å²) in [4.78, 5) is 37.8. The number of amides is 3. The van der Waals surface area contributed by atoms with Crippen molar-refractivity contribution in [2.24, 2.45) is 35.5 Å². The minimum absolute atomic E-state index is 0. The molecule has 0 aromatic heterocycles. The zero-order valence-electron chi connectivity index (χ0n) is 13.3. The SMILES string of the molecule is O.O=C(NN1C(=O)C2C3C=CC(C4CC34)C2C1=O)c1ccccc1O. The molecule has 7 nitrogen and oxygen atoms in total. The van der Waals surface area contributed by atoms with E-state index in [4.69, 9.17) is 0 Å². The number of nitrogens with one attached hydrogen (secondary N) is 1. The average molecular weight is 342 g/mol. The van der Waals surface area contributed by atoms with Gasteiger partial charge in [-0.15, -0.1) is 0 Å². The fraction of sp³-hybridized carbons (Fsp3) is 0.389. The maximum absolute atomic E-state index is 12.7. The lowest BCUT2D eigenvalue weighted by atomic mass is 9.63. The normalized spacial score (nSPS) is 36.6. The molecule has 6 atom stereocenters. The molecule has 1 saturated heterocycles. The number of phenols is 1. The number of aromatic hydroxyl groups is 1. The highest BCUT2D eigenvalue weighted by molar-refractivity contribution is 6.09. The molecule has 7 heteroatoms. The summed E-state index contributed by atoms with van der Waals surface area (Å²) in [7, 11) is 0. The van der Waals surface area contributed by atoms with Crippen LogP contribution in [-0.4, -0.2) is 33.3 Å². The first kappa shape index (κ1) is 15.8. The highest BCUT2D eigenvalue weighted by atomic mass is 16.3. The number of allylic oxidation sites excluding steroid dienone is 2. The van der Waals surface area contributed by atoms with Crippen LogP contribution in [0, 0.1) is 35.5 Å². The van der Waals surface area contributed by atoms with Gasteiger partial charge in [-0.2, -0.15) is 5.01 Å². The van der Waals surface area contributed by atoms with Gasteiger partial charge in [0.1, 0.15) is 5.75 Å². The van der Waals surface area contributed by atoms with Crippen LogP contribution >= 0.6 is 0 Å². The zero-order valence-corrected chi connectivity index (χ0v) is 13.3. The lowest BCUT2D eigenvalue weighted by Gasteiger charge is -2.37. The Balaban J connectivity index is 0.00000157. The van der Waals surface area contributed by atoms with E-state index in [-0.39, 0.29) is 52.3 Å². The van der Waals surface area contributed by atoms with Gasteiger partial charge < -0.3 is 10.6 Å². The molecule has 0 radical (unpaired) electrons. The third-order valence-corrected chi connectivity index (χ3v) is 6.02. The molecule has 3 fully saturated rings. The molecule has 0 spiro atoms. The molecule has 1 aromatic carbocycles. The third-order valence-electron chi connectivity index (χ3n) is 6.02. The summed E-state index contributed by atoms with van der Waals surface area (Å²) in [6, 6.07) is 6.05. The van der Waals surface area contributed by atoms with Gasteiger partial charge in [-0.1, -0.05) is 24.3 Å². The number of phenolic OH excluding ortho intramolecular Hbond substituents is 1. The van der Waals surface area contributed by atoms with Gasteiger partial charge in [0.2, 0.25) is 0 Å². The molecular formula is C18H18N2O5. The van der Waals surface area contributed by atoms with Gasteiger partial charge >= 0.3 is 0 Å². The van der Waals surface area contributed by atoms with Crippen LogP contribution in [0.2, 0.25) is 0 Å². The van der Waals surface area contributed by atoms with E-state index in [1.807, 2.05) is 0 Å². The molecule has 1 aliphatic heterocycles. The van der Waals surface area contributed by atoms with Crippen molar-refractivity contribution in [2.45, 2.75) is 6.42 Å². The smallest absolute Gasteiger partial charge is 0.274 e. The standard InChI is InChI=1S/C18H16N2O4.H2O/c21-13-4-2-1-3-10(13)16(22)19-20-17(23)14-8-5-6-9(12-7-11(8)12)15(14)18(20)24;/h1-6,8-9,11-12,14-15,21H,7H2,(H,19,22);1H2. The summed E-state index contributed by atoms with van der Waals surface area (Å²) in [6.07, 6.45) is 5.26. The van der Waals surface area contributed by atoms with Crippen molar-refractivity contribution >= 4 is 17.7 Å². The van der Waals surface area contributed by atoms with Gasteiger partial charge in [0.25, 0.3) is 17.7 Å². The molecule has 5 aliphatic rings. The number of nitrogens with zero attached hydrogens (tertiary/aromatic N) is 1. The number of benzene rings is 1. The molecule has 130 valence electrons. The van der Waals surface area contributed by atoms with Crippen LogP contribution in [0.25, 0.3) is 0 Å². The largest absolute Gasteiger partial charge is 0.507 e. The van der Waals surface area contributed by atoms with Crippen molar-refractivity contribution in [2.75, 3.05) is 0 Å². The Kier molecular flexibility index (Phi) is 3.27. The van der Waals surface area contributed by atoms with Crippen LogP contribution in [-0.2, 0) is 9.59 Å². The summed E-state index contributed by atoms with van der Waals surface area (Å²) in [5.41, 5.74) is 2.44. The molecule has 6 rings (SSSR count). The van der Waals surface area contributed by atoms with Crippen molar-refractivity contribution in [3.05, 3.63) is 42.0 Å². The summed E-state index contributed by atoms with van der Waals surface area (Å²) in [5.74, 6) is -0.896. The molecule has 25 heavy (non-hydrogen) atoms. The number of imide groups is 1. The molecule has 1 heterocycles. The minimum atomic E-state index is -0.654. The average Bonchev–Trinajstić information content (AvgIpc) is 3.36. The second kappa shape index (κ2) is 5.16. The Morgan fingerprint density at radius 1 is 1.04 bits per heavy atom. The summed E-state index contributed by atoms with van der Waals surface area (Å²) in [5, 5.41) is 10.6. The number of hydrogen-bond acceptors (Lipinski definition) is 4. The first-order chi connectivity index (χ1) is 11.6. The Morgan fingerprint density at radius 3 is 2.16 bits per heavy atom. The second-order valence-corrected chi connectivity index (χ2v) is 7.12. The monoisotopic (exact) mass is 342 g/mol. The fourth-order valence-electron chi connectivity index (χ4n) is 4.89. The number of rotatable bonds is 2. The number of hydrogen-bond donors (Lipinski definition) is 2. The van der Waals surface area contributed by atoms with Crippen LogP contribution in [0.1, 0.15) is 16.8 Å². The number of hydrazine groups is 1. The summed E-state index contributed by atoms with van der Waals surface area (Å²) < 4.78 is 0. The van der Waals surface area contributed by atoms with E-state index < -0.39 is 5.91 Å². The molecule has 4 N–H and O–H groups in total. The van der Waals surface area contributed by atoms with Gasteiger partial charge in [0.05, 0.1) is 17.4 Å². The van der Waals surface area contributed by atoms with E-state index in [0.717, 1.165) is 11.4 Å². The number of carbonyl (C=O) groups excluding carboxylic acids is 3. The van der Waals surface area contributed by atoms with Crippen LogP contribution in [0.5, 0.6) is 5.75 Å². The van der Waals surface area contributed by atoms with Gasteiger partial charge in [0, 0.05) is 0 Å². The van der Waals surface area contributed by atoms with Crippen LogP contribution in [0.3, 0.4) is 0 Å².